The van der Waals surface area contributed by atoms with Crippen LogP contribution in [0.5, 0.6) is 0 Å². The van der Waals surface area contributed by atoms with E-state index in [1.165, 1.54) is 0 Å². The second-order valence-corrected chi connectivity index (χ2v) is 4.81. The van der Waals surface area contributed by atoms with E-state index in [2.05, 4.69) is 39.2 Å². The zero-order valence-corrected chi connectivity index (χ0v) is 11.2. The van der Waals surface area contributed by atoms with E-state index in [0.29, 0.717) is 6.04 Å². The highest BCUT2D eigenvalue weighted by Crippen LogP contribution is 2.06. The first kappa shape index (κ1) is 13.3. The summed E-state index contributed by atoms with van der Waals surface area (Å²) in [6, 6.07) is 0.428. The fourth-order valence-electron chi connectivity index (χ4n) is 1.48. The quantitative estimate of drug-likeness (QED) is 0.615. The maximum Gasteiger partial charge on any atom is 0.0632 e. The zero-order chi connectivity index (χ0) is 11.8. The zero-order valence-electron chi connectivity index (χ0n) is 9.62. The van der Waals surface area contributed by atoms with Crippen LogP contribution in [0, 0.1) is 12.3 Å². The van der Waals surface area contributed by atoms with E-state index in [-0.39, 0.29) is 0 Å². The second kappa shape index (κ2) is 7.48. The summed E-state index contributed by atoms with van der Waals surface area (Å²) in [6.07, 6.45) is 12.1. The molecule has 0 saturated carbocycles. The molecule has 4 heteroatoms. The number of aromatic nitrogens is 2. The third-order valence-electron chi connectivity index (χ3n) is 2.30. The summed E-state index contributed by atoms with van der Waals surface area (Å²) in [7, 11) is 0. The van der Waals surface area contributed by atoms with E-state index in [0.717, 1.165) is 36.8 Å². The number of unbranched alkanes of at least 4 members (excludes halogenated alkanes) is 2. The van der Waals surface area contributed by atoms with E-state index >= 15 is 0 Å². The smallest absolute Gasteiger partial charge is 0.0632 e. The van der Waals surface area contributed by atoms with Gasteiger partial charge in [-0.15, -0.1) is 12.3 Å². The van der Waals surface area contributed by atoms with Crippen LogP contribution in [0.15, 0.2) is 16.9 Å². The van der Waals surface area contributed by atoms with Gasteiger partial charge in [0.1, 0.15) is 0 Å². The van der Waals surface area contributed by atoms with Gasteiger partial charge in [0, 0.05) is 18.7 Å². The maximum absolute atomic E-state index is 5.19. The van der Waals surface area contributed by atoms with Crippen molar-refractivity contribution in [3.63, 3.8) is 0 Å². The number of nitrogens with zero attached hydrogens (tertiary/aromatic N) is 2. The minimum Gasteiger partial charge on any atom is -0.312 e. The molecular weight excluding hydrogens is 266 g/mol. The van der Waals surface area contributed by atoms with Gasteiger partial charge in [0.15, 0.2) is 0 Å². The molecule has 0 fully saturated rings. The molecule has 0 radical (unpaired) electrons. The van der Waals surface area contributed by atoms with E-state index in [4.69, 9.17) is 6.42 Å². The normalized spacial score (nSPS) is 12.3. The van der Waals surface area contributed by atoms with Crippen LogP contribution < -0.4 is 5.32 Å². The Morgan fingerprint density at radius 2 is 2.44 bits per heavy atom. The molecule has 0 bridgehead atoms. The average molecular weight is 284 g/mol. The molecule has 1 N–H and O–H groups in total. The highest BCUT2D eigenvalue weighted by molar-refractivity contribution is 9.10. The molecule has 0 aliphatic heterocycles. The number of halogens is 1. The monoisotopic (exact) mass is 283 g/mol. The largest absolute Gasteiger partial charge is 0.312 e. The molecule has 16 heavy (non-hydrogen) atoms. The van der Waals surface area contributed by atoms with Crippen molar-refractivity contribution >= 4 is 15.9 Å². The lowest BCUT2D eigenvalue weighted by atomic mass is 10.2. The minimum atomic E-state index is 0.428. The molecular formula is C12H18BrN3. The molecule has 1 heterocycles. The molecule has 88 valence electrons. The third kappa shape index (κ3) is 5.34. The van der Waals surface area contributed by atoms with Gasteiger partial charge in [-0.25, -0.2) is 0 Å². The van der Waals surface area contributed by atoms with Crippen LogP contribution in [0.3, 0.4) is 0 Å². The Balaban J connectivity index is 2.11. The lowest BCUT2D eigenvalue weighted by molar-refractivity contribution is 0.446. The van der Waals surface area contributed by atoms with E-state index in [9.17, 15) is 0 Å². The van der Waals surface area contributed by atoms with E-state index in [1.807, 2.05) is 10.9 Å². The van der Waals surface area contributed by atoms with Crippen molar-refractivity contribution in [1.29, 1.82) is 0 Å². The van der Waals surface area contributed by atoms with Gasteiger partial charge in [0.05, 0.1) is 17.2 Å². The lowest BCUT2D eigenvalue weighted by Crippen LogP contribution is -2.31. The summed E-state index contributed by atoms with van der Waals surface area (Å²) in [5, 5.41) is 7.67. The molecule has 1 rings (SSSR count). The number of nitrogens with one attached hydrogen (secondary N) is 1. The molecule has 1 aromatic rings. The van der Waals surface area contributed by atoms with Crippen LogP contribution in [0.1, 0.15) is 26.2 Å². The Morgan fingerprint density at radius 1 is 1.62 bits per heavy atom. The fraction of sp³-hybridized carbons (Fsp3) is 0.583. The third-order valence-corrected chi connectivity index (χ3v) is 2.71. The topological polar surface area (TPSA) is 29.9 Å². The van der Waals surface area contributed by atoms with Crippen LogP contribution in [0.25, 0.3) is 0 Å². The Hall–Kier alpha value is -0.790. The number of hydrogen-bond donors (Lipinski definition) is 1. The standard InChI is InChI=1S/C12H18BrN3/c1-3-4-5-6-7-14-11(2)9-16-10-12(13)8-15-16/h1,8,10-11,14H,4-7,9H2,2H3. The van der Waals surface area contributed by atoms with Crippen molar-refractivity contribution < 1.29 is 0 Å². The summed E-state index contributed by atoms with van der Waals surface area (Å²) >= 11 is 3.38. The van der Waals surface area contributed by atoms with Gasteiger partial charge in [-0.05, 0) is 42.2 Å². The predicted molar refractivity (Wildman–Crippen MR) is 70.1 cm³/mol. The van der Waals surface area contributed by atoms with Crippen molar-refractivity contribution in [2.45, 2.75) is 38.8 Å². The fourth-order valence-corrected chi connectivity index (χ4v) is 1.81. The summed E-state index contributed by atoms with van der Waals surface area (Å²) in [6.45, 7) is 4.07. The van der Waals surface area contributed by atoms with E-state index < -0.39 is 0 Å². The first-order valence-electron chi connectivity index (χ1n) is 5.57. The summed E-state index contributed by atoms with van der Waals surface area (Å²) in [5.41, 5.74) is 0. The van der Waals surface area contributed by atoms with Crippen molar-refractivity contribution in [2.24, 2.45) is 0 Å². The Morgan fingerprint density at radius 3 is 3.06 bits per heavy atom. The molecule has 1 aromatic heterocycles. The highest BCUT2D eigenvalue weighted by Gasteiger charge is 2.02. The van der Waals surface area contributed by atoms with Gasteiger partial charge >= 0.3 is 0 Å². The minimum absolute atomic E-state index is 0.428. The lowest BCUT2D eigenvalue weighted by Gasteiger charge is -2.13. The first-order valence-corrected chi connectivity index (χ1v) is 6.36. The molecule has 0 aliphatic rings. The SMILES string of the molecule is C#CCCCCNC(C)Cn1cc(Br)cn1. The molecule has 1 unspecified atom stereocenters. The average Bonchev–Trinajstić information content (AvgIpc) is 2.63. The molecule has 0 saturated heterocycles. The van der Waals surface area contributed by atoms with Crippen LogP contribution >= 0.6 is 15.9 Å². The Labute approximate surface area is 106 Å². The van der Waals surface area contributed by atoms with Crippen LogP contribution in [-0.2, 0) is 6.54 Å². The molecule has 3 nitrogen and oxygen atoms in total. The molecule has 0 spiro atoms. The molecule has 0 aliphatic carbocycles. The summed E-state index contributed by atoms with van der Waals surface area (Å²) in [4.78, 5) is 0. The van der Waals surface area contributed by atoms with Crippen molar-refractivity contribution in [1.82, 2.24) is 15.1 Å². The number of rotatable bonds is 7. The maximum atomic E-state index is 5.19. The van der Waals surface area contributed by atoms with Gasteiger partial charge in [-0.3, -0.25) is 4.68 Å². The Bertz CT molecular complexity index is 340. The first-order chi connectivity index (χ1) is 7.72. The van der Waals surface area contributed by atoms with Gasteiger partial charge < -0.3 is 5.32 Å². The van der Waals surface area contributed by atoms with Crippen molar-refractivity contribution in [3.8, 4) is 12.3 Å². The highest BCUT2D eigenvalue weighted by atomic mass is 79.9. The second-order valence-electron chi connectivity index (χ2n) is 3.90. The number of terminal acetylenes is 1. The van der Waals surface area contributed by atoms with Crippen molar-refractivity contribution in [3.05, 3.63) is 16.9 Å². The Kier molecular flexibility index (Phi) is 6.20. The summed E-state index contributed by atoms with van der Waals surface area (Å²) < 4.78 is 2.96. The molecule has 0 amide bonds. The van der Waals surface area contributed by atoms with Gasteiger partial charge in [0.2, 0.25) is 0 Å². The summed E-state index contributed by atoms with van der Waals surface area (Å²) in [5.74, 6) is 2.65. The predicted octanol–water partition coefficient (Wildman–Crippen LogP) is 2.43. The van der Waals surface area contributed by atoms with Crippen LogP contribution in [0.2, 0.25) is 0 Å². The molecule has 1 atom stereocenters. The van der Waals surface area contributed by atoms with Gasteiger partial charge in [-0.2, -0.15) is 5.10 Å². The van der Waals surface area contributed by atoms with Gasteiger partial charge in [0.25, 0.3) is 0 Å². The van der Waals surface area contributed by atoms with Crippen molar-refractivity contribution in [2.75, 3.05) is 6.54 Å². The van der Waals surface area contributed by atoms with Crippen LogP contribution in [-0.4, -0.2) is 22.4 Å². The van der Waals surface area contributed by atoms with E-state index in [1.54, 1.807) is 6.20 Å². The molecule has 0 aromatic carbocycles. The number of hydrogen-bond acceptors (Lipinski definition) is 2. The van der Waals surface area contributed by atoms with Gasteiger partial charge in [-0.1, -0.05) is 0 Å². The van der Waals surface area contributed by atoms with Crippen LogP contribution in [0.4, 0.5) is 0 Å².